The molecule has 1 aliphatic heterocycles. The maximum absolute atomic E-state index is 12.3. The van der Waals surface area contributed by atoms with Gasteiger partial charge >= 0.3 is 11.9 Å². The Balaban J connectivity index is 1.86. The normalized spacial score (nSPS) is 17.1. The van der Waals surface area contributed by atoms with Crippen LogP contribution in [0.2, 0.25) is 0 Å². The first-order valence-corrected chi connectivity index (χ1v) is 7.82. The van der Waals surface area contributed by atoms with Crippen molar-refractivity contribution in [2.75, 3.05) is 13.7 Å². The lowest BCUT2D eigenvalue weighted by molar-refractivity contribution is -0.148. The second-order valence-electron chi connectivity index (χ2n) is 5.85. The van der Waals surface area contributed by atoms with Crippen molar-refractivity contribution >= 4 is 11.9 Å². The van der Waals surface area contributed by atoms with Crippen molar-refractivity contribution in [3.05, 3.63) is 70.8 Å². The molecule has 24 heavy (non-hydrogen) atoms. The highest BCUT2D eigenvalue weighted by Gasteiger charge is 2.33. The SMILES string of the molecule is COC(=O)C1c2ccccc2CCN1Cc1ccc(C(=O)O)cc1. The molecular formula is C19H19NO4. The Morgan fingerprint density at radius 3 is 2.54 bits per heavy atom. The van der Waals surface area contributed by atoms with Gasteiger partial charge in [0.15, 0.2) is 0 Å². The van der Waals surface area contributed by atoms with Crippen molar-refractivity contribution in [2.24, 2.45) is 0 Å². The number of carboxylic acids is 1. The molecule has 0 spiro atoms. The summed E-state index contributed by atoms with van der Waals surface area (Å²) in [5, 5.41) is 8.98. The van der Waals surface area contributed by atoms with Gasteiger partial charge in [0.1, 0.15) is 6.04 Å². The second kappa shape index (κ2) is 6.84. The lowest BCUT2D eigenvalue weighted by atomic mass is 9.92. The predicted molar refractivity (Wildman–Crippen MR) is 88.7 cm³/mol. The van der Waals surface area contributed by atoms with Crippen LogP contribution in [0.3, 0.4) is 0 Å². The molecule has 1 heterocycles. The molecule has 1 N–H and O–H groups in total. The molecule has 5 heteroatoms. The molecule has 1 aliphatic rings. The fourth-order valence-electron chi connectivity index (χ4n) is 3.16. The zero-order chi connectivity index (χ0) is 17.1. The molecule has 1 unspecified atom stereocenters. The molecule has 3 rings (SSSR count). The summed E-state index contributed by atoms with van der Waals surface area (Å²) in [4.78, 5) is 25.4. The highest BCUT2D eigenvalue weighted by atomic mass is 16.5. The van der Waals surface area contributed by atoms with Crippen LogP contribution in [0.25, 0.3) is 0 Å². The van der Waals surface area contributed by atoms with Gasteiger partial charge < -0.3 is 9.84 Å². The average molecular weight is 325 g/mol. The van der Waals surface area contributed by atoms with Gasteiger partial charge in [-0.2, -0.15) is 0 Å². The number of carbonyl (C=O) groups excluding carboxylic acids is 1. The molecule has 0 aromatic heterocycles. The molecular weight excluding hydrogens is 306 g/mol. The first kappa shape index (κ1) is 16.2. The topological polar surface area (TPSA) is 66.8 Å². The van der Waals surface area contributed by atoms with Gasteiger partial charge in [-0.25, -0.2) is 9.59 Å². The minimum atomic E-state index is -0.944. The Kier molecular flexibility index (Phi) is 4.62. The van der Waals surface area contributed by atoms with Gasteiger partial charge in [-0.3, -0.25) is 4.90 Å². The van der Waals surface area contributed by atoms with E-state index in [0.29, 0.717) is 6.54 Å². The van der Waals surface area contributed by atoms with Crippen molar-refractivity contribution in [3.8, 4) is 0 Å². The van der Waals surface area contributed by atoms with Crippen LogP contribution in [-0.2, 0) is 22.5 Å². The van der Waals surface area contributed by atoms with Crippen LogP contribution in [0.15, 0.2) is 48.5 Å². The molecule has 0 fully saturated rings. The number of fused-ring (bicyclic) bond motifs is 1. The van der Waals surface area contributed by atoms with E-state index in [4.69, 9.17) is 9.84 Å². The van der Waals surface area contributed by atoms with Crippen molar-refractivity contribution in [1.29, 1.82) is 0 Å². The third-order valence-electron chi connectivity index (χ3n) is 4.39. The van der Waals surface area contributed by atoms with Gasteiger partial charge in [-0.15, -0.1) is 0 Å². The number of carboxylic acid groups (broad SMARTS) is 1. The highest BCUT2D eigenvalue weighted by Crippen LogP contribution is 2.31. The third-order valence-corrected chi connectivity index (χ3v) is 4.39. The van der Waals surface area contributed by atoms with E-state index in [2.05, 4.69) is 4.90 Å². The van der Waals surface area contributed by atoms with Crippen molar-refractivity contribution in [3.63, 3.8) is 0 Å². The van der Waals surface area contributed by atoms with E-state index in [-0.39, 0.29) is 11.5 Å². The van der Waals surface area contributed by atoms with E-state index in [1.807, 2.05) is 24.3 Å². The minimum absolute atomic E-state index is 0.257. The van der Waals surface area contributed by atoms with E-state index in [1.54, 1.807) is 24.3 Å². The molecule has 5 nitrogen and oxygen atoms in total. The quantitative estimate of drug-likeness (QED) is 0.876. The van der Waals surface area contributed by atoms with Gasteiger partial charge in [0.25, 0.3) is 0 Å². The number of nitrogens with zero attached hydrogens (tertiary/aromatic N) is 1. The largest absolute Gasteiger partial charge is 0.478 e. The summed E-state index contributed by atoms with van der Waals surface area (Å²) in [6.45, 7) is 1.31. The Morgan fingerprint density at radius 1 is 1.17 bits per heavy atom. The van der Waals surface area contributed by atoms with Crippen molar-refractivity contribution < 1.29 is 19.4 Å². The van der Waals surface area contributed by atoms with E-state index in [9.17, 15) is 9.59 Å². The maximum atomic E-state index is 12.3. The van der Waals surface area contributed by atoms with Crippen molar-refractivity contribution in [1.82, 2.24) is 4.90 Å². The van der Waals surface area contributed by atoms with Gasteiger partial charge in [-0.05, 0) is 35.2 Å². The summed E-state index contributed by atoms with van der Waals surface area (Å²) in [7, 11) is 1.40. The second-order valence-corrected chi connectivity index (χ2v) is 5.85. The molecule has 1 atom stereocenters. The predicted octanol–water partition coefficient (Wildman–Crippen LogP) is 2.66. The fraction of sp³-hybridized carbons (Fsp3) is 0.263. The fourth-order valence-corrected chi connectivity index (χ4v) is 3.16. The van der Waals surface area contributed by atoms with Crippen LogP contribution in [-0.4, -0.2) is 35.6 Å². The summed E-state index contributed by atoms with van der Waals surface area (Å²) in [5.41, 5.74) is 3.38. The van der Waals surface area contributed by atoms with E-state index in [1.165, 1.54) is 12.7 Å². The van der Waals surface area contributed by atoms with Crippen molar-refractivity contribution in [2.45, 2.75) is 19.0 Å². The van der Waals surface area contributed by atoms with Gasteiger partial charge in [0, 0.05) is 13.1 Å². The number of esters is 1. The number of carbonyl (C=O) groups is 2. The Morgan fingerprint density at radius 2 is 1.88 bits per heavy atom. The molecule has 2 aromatic rings. The van der Waals surface area contributed by atoms with Gasteiger partial charge in [0.05, 0.1) is 12.7 Å². The smallest absolute Gasteiger partial charge is 0.335 e. The highest BCUT2D eigenvalue weighted by molar-refractivity contribution is 5.87. The monoisotopic (exact) mass is 325 g/mol. The van der Waals surface area contributed by atoms with Crippen LogP contribution in [0, 0.1) is 0 Å². The van der Waals surface area contributed by atoms with E-state index < -0.39 is 12.0 Å². The first-order valence-electron chi connectivity index (χ1n) is 7.82. The number of hydrogen-bond donors (Lipinski definition) is 1. The molecule has 124 valence electrons. The minimum Gasteiger partial charge on any atom is -0.478 e. The average Bonchev–Trinajstić information content (AvgIpc) is 2.61. The molecule has 0 aliphatic carbocycles. The Hall–Kier alpha value is -2.66. The van der Waals surface area contributed by atoms with Crippen LogP contribution in [0.4, 0.5) is 0 Å². The summed E-state index contributed by atoms with van der Waals surface area (Å²) >= 11 is 0. The number of rotatable bonds is 4. The number of aromatic carboxylic acids is 1. The Labute approximate surface area is 140 Å². The Bertz CT molecular complexity index is 754. The van der Waals surface area contributed by atoms with Crippen LogP contribution >= 0.6 is 0 Å². The van der Waals surface area contributed by atoms with Crippen LogP contribution in [0.1, 0.15) is 33.1 Å². The number of benzene rings is 2. The molecule has 0 amide bonds. The molecule has 0 saturated carbocycles. The molecule has 0 radical (unpaired) electrons. The van der Waals surface area contributed by atoms with E-state index >= 15 is 0 Å². The molecule has 2 aromatic carbocycles. The van der Waals surface area contributed by atoms with Gasteiger partial charge in [-0.1, -0.05) is 36.4 Å². The summed E-state index contributed by atoms with van der Waals surface area (Å²) in [6, 6.07) is 14.2. The summed E-state index contributed by atoms with van der Waals surface area (Å²) in [5.74, 6) is -1.22. The zero-order valence-corrected chi connectivity index (χ0v) is 13.4. The summed E-state index contributed by atoms with van der Waals surface area (Å²) in [6.07, 6.45) is 0.872. The summed E-state index contributed by atoms with van der Waals surface area (Å²) < 4.78 is 5.01. The lowest BCUT2D eigenvalue weighted by Crippen LogP contribution is -2.39. The number of hydrogen-bond acceptors (Lipinski definition) is 4. The molecule has 0 saturated heterocycles. The number of ether oxygens (including phenoxy) is 1. The number of methoxy groups -OCH3 is 1. The standard InChI is InChI=1S/C19H19NO4/c1-24-19(23)17-16-5-3-2-4-14(16)10-11-20(17)12-13-6-8-15(9-7-13)18(21)22/h2-9,17H,10-12H2,1H3,(H,21,22). The van der Waals surface area contributed by atoms with Crippen LogP contribution in [0.5, 0.6) is 0 Å². The molecule has 0 bridgehead atoms. The third kappa shape index (κ3) is 3.16. The zero-order valence-electron chi connectivity index (χ0n) is 13.4. The van der Waals surface area contributed by atoms with E-state index in [0.717, 1.165) is 24.1 Å². The first-order chi connectivity index (χ1) is 11.6. The van der Waals surface area contributed by atoms with Crippen LogP contribution < -0.4 is 0 Å². The lowest BCUT2D eigenvalue weighted by Gasteiger charge is -2.35. The van der Waals surface area contributed by atoms with Gasteiger partial charge in [0.2, 0.25) is 0 Å². The maximum Gasteiger partial charge on any atom is 0.335 e.